The van der Waals surface area contributed by atoms with Gasteiger partial charge in [-0.1, -0.05) is 50.5 Å². The van der Waals surface area contributed by atoms with Crippen molar-refractivity contribution in [2.45, 2.75) is 58.3 Å². The zero-order valence-corrected chi connectivity index (χ0v) is 14.3. The van der Waals surface area contributed by atoms with Gasteiger partial charge in [-0.15, -0.1) is 17.3 Å². The summed E-state index contributed by atoms with van der Waals surface area (Å²) < 4.78 is 5.46. The lowest BCUT2D eigenvalue weighted by Crippen LogP contribution is -1.91. The molecular weight excluding hydrogens is 280 g/mol. The van der Waals surface area contributed by atoms with Crippen LogP contribution in [0, 0.1) is 0 Å². The summed E-state index contributed by atoms with van der Waals surface area (Å²) >= 11 is 5.54. The smallest absolute Gasteiger partial charge is 0.0721 e. The van der Waals surface area contributed by atoms with Gasteiger partial charge in [0, 0.05) is 5.88 Å². The van der Waals surface area contributed by atoms with E-state index in [4.69, 9.17) is 16.3 Å². The highest BCUT2D eigenvalue weighted by Gasteiger charge is 1.84. The van der Waals surface area contributed by atoms with E-state index in [1.165, 1.54) is 32.1 Å². The molecule has 0 saturated carbocycles. The fraction of sp³-hybridized carbons (Fsp3) is 0.632. The molecular formula is C19H31ClO. The van der Waals surface area contributed by atoms with E-state index in [9.17, 15) is 0 Å². The molecule has 0 aliphatic carbocycles. The third-order valence-corrected chi connectivity index (χ3v) is 3.17. The molecule has 0 radical (unpaired) electrons. The molecule has 0 atom stereocenters. The van der Waals surface area contributed by atoms with Crippen LogP contribution in [0.15, 0.2) is 42.2 Å². The molecule has 2 heteroatoms. The van der Waals surface area contributed by atoms with Crippen LogP contribution in [0.1, 0.15) is 58.3 Å². The normalized spacial score (nSPS) is 11.1. The molecule has 0 fully saturated rings. The zero-order chi connectivity index (χ0) is 15.4. The monoisotopic (exact) mass is 310 g/mol. The van der Waals surface area contributed by atoms with Crippen LogP contribution >= 0.6 is 11.6 Å². The lowest BCUT2D eigenvalue weighted by Gasteiger charge is -1.95. The van der Waals surface area contributed by atoms with Crippen LogP contribution in [0.2, 0.25) is 0 Å². The van der Waals surface area contributed by atoms with Crippen LogP contribution in [-0.4, -0.2) is 19.1 Å². The maximum atomic E-state index is 5.54. The first kappa shape index (κ1) is 20.2. The van der Waals surface area contributed by atoms with Gasteiger partial charge in [0.25, 0.3) is 0 Å². The van der Waals surface area contributed by atoms with E-state index in [-0.39, 0.29) is 0 Å². The van der Waals surface area contributed by atoms with E-state index in [1.54, 1.807) is 0 Å². The van der Waals surface area contributed by atoms with Gasteiger partial charge >= 0.3 is 0 Å². The number of halogens is 1. The molecule has 0 saturated heterocycles. The summed E-state index contributed by atoms with van der Waals surface area (Å²) in [5, 5.41) is 0. The first-order valence-electron chi connectivity index (χ1n) is 8.25. The minimum absolute atomic E-state index is 0.629. The Morgan fingerprint density at radius 1 is 0.905 bits per heavy atom. The van der Waals surface area contributed by atoms with E-state index < -0.39 is 0 Å². The highest BCUT2D eigenvalue weighted by atomic mass is 35.5. The SMILES string of the molecule is CCCCCC/C=C\C/C=C\CCOCC=C=CCCCl. The number of hydrogen-bond acceptors (Lipinski definition) is 1. The van der Waals surface area contributed by atoms with Crippen LogP contribution in [0.4, 0.5) is 0 Å². The Bertz CT molecular complexity index is 312. The largest absolute Gasteiger partial charge is 0.376 e. The standard InChI is InChI=1S/C19H31ClO/c1-2-3-4-5-6-7-8-9-10-12-15-18-21-19-16-13-11-14-17-20/h7-8,10-12,16H,2-6,9,14-15,17-19H2,1H3/b8-7-,12-10-. The average molecular weight is 311 g/mol. The number of hydrogen-bond donors (Lipinski definition) is 0. The molecule has 0 aromatic carbocycles. The molecule has 0 amide bonds. The van der Waals surface area contributed by atoms with Gasteiger partial charge in [-0.05, 0) is 44.3 Å². The number of rotatable bonds is 14. The summed E-state index contributed by atoms with van der Waals surface area (Å²) in [5.41, 5.74) is 3.04. The third kappa shape index (κ3) is 19.2. The average Bonchev–Trinajstić information content (AvgIpc) is 2.50. The van der Waals surface area contributed by atoms with Crippen molar-refractivity contribution in [2.75, 3.05) is 19.1 Å². The van der Waals surface area contributed by atoms with Crippen LogP contribution in [0.25, 0.3) is 0 Å². The van der Waals surface area contributed by atoms with Gasteiger partial charge in [0.15, 0.2) is 0 Å². The quantitative estimate of drug-likeness (QED) is 0.160. The van der Waals surface area contributed by atoms with Crippen molar-refractivity contribution in [1.29, 1.82) is 0 Å². The lowest BCUT2D eigenvalue weighted by atomic mass is 10.1. The Balaban J connectivity index is 3.29. The lowest BCUT2D eigenvalue weighted by molar-refractivity contribution is 0.167. The molecule has 0 aromatic heterocycles. The van der Waals surface area contributed by atoms with E-state index in [0.717, 1.165) is 25.9 Å². The summed E-state index contributed by atoms with van der Waals surface area (Å²) in [5.74, 6) is 0.652. The molecule has 0 heterocycles. The van der Waals surface area contributed by atoms with Gasteiger partial charge in [0.2, 0.25) is 0 Å². The highest BCUT2D eigenvalue weighted by Crippen LogP contribution is 2.03. The predicted molar refractivity (Wildman–Crippen MR) is 95.1 cm³/mol. The van der Waals surface area contributed by atoms with Gasteiger partial charge in [0.1, 0.15) is 0 Å². The van der Waals surface area contributed by atoms with Gasteiger partial charge in [-0.3, -0.25) is 0 Å². The van der Waals surface area contributed by atoms with Crippen LogP contribution in [0.5, 0.6) is 0 Å². The summed E-state index contributed by atoms with van der Waals surface area (Å²) in [4.78, 5) is 0. The zero-order valence-electron chi connectivity index (χ0n) is 13.5. The summed E-state index contributed by atoms with van der Waals surface area (Å²) in [6, 6.07) is 0. The maximum Gasteiger partial charge on any atom is 0.0721 e. The van der Waals surface area contributed by atoms with Crippen molar-refractivity contribution in [1.82, 2.24) is 0 Å². The van der Waals surface area contributed by atoms with E-state index in [2.05, 4.69) is 37.0 Å². The minimum Gasteiger partial charge on any atom is -0.376 e. The molecule has 0 N–H and O–H groups in total. The Kier molecular flexibility index (Phi) is 18.6. The second-order valence-electron chi connectivity index (χ2n) is 4.94. The number of alkyl halides is 1. The van der Waals surface area contributed by atoms with Crippen LogP contribution in [0.3, 0.4) is 0 Å². The second kappa shape index (κ2) is 19.2. The van der Waals surface area contributed by atoms with Crippen molar-refractivity contribution < 1.29 is 4.74 Å². The first-order chi connectivity index (χ1) is 10.4. The van der Waals surface area contributed by atoms with Crippen molar-refractivity contribution in [2.24, 2.45) is 0 Å². The van der Waals surface area contributed by atoms with E-state index >= 15 is 0 Å². The molecule has 120 valence electrons. The highest BCUT2D eigenvalue weighted by molar-refractivity contribution is 6.17. The van der Waals surface area contributed by atoms with Gasteiger partial charge in [-0.25, -0.2) is 0 Å². The molecule has 0 aliphatic rings. The van der Waals surface area contributed by atoms with Crippen LogP contribution in [-0.2, 0) is 4.74 Å². The minimum atomic E-state index is 0.629. The molecule has 0 unspecified atom stereocenters. The molecule has 0 spiro atoms. The summed E-state index contributed by atoms with van der Waals surface area (Å²) in [7, 11) is 0. The maximum absolute atomic E-state index is 5.54. The molecule has 0 aromatic rings. The van der Waals surface area contributed by atoms with Gasteiger partial charge in [0.05, 0.1) is 13.2 Å². The van der Waals surface area contributed by atoms with E-state index in [1.807, 2.05) is 12.2 Å². The van der Waals surface area contributed by atoms with E-state index in [0.29, 0.717) is 12.5 Å². The molecule has 1 nitrogen and oxygen atoms in total. The van der Waals surface area contributed by atoms with Gasteiger partial charge < -0.3 is 4.74 Å². The van der Waals surface area contributed by atoms with Crippen LogP contribution < -0.4 is 0 Å². The second-order valence-corrected chi connectivity index (χ2v) is 5.32. The number of unbranched alkanes of at least 4 members (excludes halogenated alkanes) is 4. The Morgan fingerprint density at radius 3 is 2.48 bits per heavy atom. The number of ether oxygens (including phenoxy) is 1. The Morgan fingerprint density at radius 2 is 1.71 bits per heavy atom. The van der Waals surface area contributed by atoms with Crippen molar-refractivity contribution in [3.8, 4) is 0 Å². The van der Waals surface area contributed by atoms with Crippen molar-refractivity contribution in [3.63, 3.8) is 0 Å². The molecule has 0 aliphatic heterocycles. The summed E-state index contributed by atoms with van der Waals surface area (Å²) in [6.07, 6.45) is 22.3. The van der Waals surface area contributed by atoms with Crippen molar-refractivity contribution in [3.05, 3.63) is 42.2 Å². The summed E-state index contributed by atoms with van der Waals surface area (Å²) in [6.45, 7) is 3.65. The Labute approximate surface area is 136 Å². The molecule has 21 heavy (non-hydrogen) atoms. The topological polar surface area (TPSA) is 9.23 Å². The Hall–Kier alpha value is -0.750. The predicted octanol–water partition coefficient (Wildman–Crippen LogP) is 6.21. The van der Waals surface area contributed by atoms with Gasteiger partial charge in [-0.2, -0.15) is 0 Å². The molecule has 0 bridgehead atoms. The fourth-order valence-corrected chi connectivity index (χ4v) is 1.87. The molecule has 0 rings (SSSR count). The van der Waals surface area contributed by atoms with Crippen molar-refractivity contribution >= 4 is 11.6 Å². The first-order valence-corrected chi connectivity index (χ1v) is 8.78. The third-order valence-electron chi connectivity index (χ3n) is 2.95. The number of allylic oxidation sites excluding steroid dienone is 3. The fourth-order valence-electron chi connectivity index (χ4n) is 1.76.